The lowest BCUT2D eigenvalue weighted by atomic mass is 9.87. The van der Waals surface area contributed by atoms with Crippen molar-refractivity contribution in [2.45, 2.75) is 31.5 Å². The number of rotatable bonds is 6. The van der Waals surface area contributed by atoms with Crippen molar-refractivity contribution in [3.63, 3.8) is 0 Å². The SMILES string of the molecule is COc1ccc2c(c1)CCCC2NC(=O)CN(c1cccc(C(F)(F)F)c1)S(C)(=O)=O. The molecular weight excluding hydrogens is 433 g/mol. The van der Waals surface area contributed by atoms with Gasteiger partial charge in [-0.25, -0.2) is 8.42 Å². The van der Waals surface area contributed by atoms with Crippen LogP contribution in [0.1, 0.15) is 35.6 Å². The van der Waals surface area contributed by atoms with Gasteiger partial charge in [0, 0.05) is 0 Å². The molecule has 0 aromatic heterocycles. The van der Waals surface area contributed by atoms with E-state index in [1.165, 1.54) is 6.07 Å². The molecule has 31 heavy (non-hydrogen) atoms. The van der Waals surface area contributed by atoms with Gasteiger partial charge in [0.1, 0.15) is 12.3 Å². The highest BCUT2D eigenvalue weighted by molar-refractivity contribution is 7.92. The van der Waals surface area contributed by atoms with E-state index >= 15 is 0 Å². The number of hydrogen-bond acceptors (Lipinski definition) is 4. The molecule has 0 bridgehead atoms. The number of halogens is 3. The molecule has 1 aliphatic rings. The molecule has 0 radical (unpaired) electrons. The summed E-state index contributed by atoms with van der Waals surface area (Å²) < 4.78 is 69.5. The van der Waals surface area contributed by atoms with E-state index < -0.39 is 34.2 Å². The van der Waals surface area contributed by atoms with Crippen LogP contribution in [0.15, 0.2) is 42.5 Å². The number of amides is 1. The summed E-state index contributed by atoms with van der Waals surface area (Å²) in [6.45, 7) is -0.623. The second kappa shape index (κ2) is 8.78. The summed E-state index contributed by atoms with van der Waals surface area (Å²) in [6, 6.07) is 9.14. The fourth-order valence-corrected chi connectivity index (χ4v) is 4.52. The summed E-state index contributed by atoms with van der Waals surface area (Å²) in [5.41, 5.74) is 0.745. The lowest BCUT2D eigenvalue weighted by molar-refractivity contribution is -0.137. The molecule has 1 unspecified atom stereocenters. The summed E-state index contributed by atoms with van der Waals surface area (Å²) in [7, 11) is -2.43. The number of carbonyl (C=O) groups excluding carboxylic acids is 1. The molecule has 0 saturated heterocycles. The van der Waals surface area contributed by atoms with Crippen molar-refractivity contribution >= 4 is 21.6 Å². The maximum Gasteiger partial charge on any atom is 0.416 e. The van der Waals surface area contributed by atoms with E-state index in [4.69, 9.17) is 4.74 Å². The Morgan fingerprint density at radius 3 is 2.61 bits per heavy atom. The highest BCUT2D eigenvalue weighted by Crippen LogP contribution is 2.33. The molecular formula is C21H23F3N2O4S. The molecule has 6 nitrogen and oxygen atoms in total. The van der Waals surface area contributed by atoms with Crippen molar-refractivity contribution < 1.29 is 31.1 Å². The highest BCUT2D eigenvalue weighted by Gasteiger charge is 2.32. The summed E-state index contributed by atoms with van der Waals surface area (Å²) in [4.78, 5) is 12.7. The van der Waals surface area contributed by atoms with Crippen LogP contribution in [0.4, 0.5) is 18.9 Å². The first kappa shape index (κ1) is 22.9. The zero-order valence-electron chi connectivity index (χ0n) is 17.1. The van der Waals surface area contributed by atoms with Crippen molar-refractivity contribution in [2.24, 2.45) is 0 Å². The number of ether oxygens (including phenoxy) is 1. The number of sulfonamides is 1. The van der Waals surface area contributed by atoms with Gasteiger partial charge in [-0.15, -0.1) is 0 Å². The van der Waals surface area contributed by atoms with Gasteiger partial charge in [-0.2, -0.15) is 13.2 Å². The first-order valence-corrected chi connectivity index (χ1v) is 11.4. The van der Waals surface area contributed by atoms with Gasteiger partial charge < -0.3 is 10.1 Å². The van der Waals surface area contributed by atoms with Gasteiger partial charge in [-0.3, -0.25) is 9.10 Å². The molecule has 1 N–H and O–H groups in total. The van der Waals surface area contributed by atoms with E-state index in [0.717, 1.165) is 48.4 Å². The van der Waals surface area contributed by atoms with Crippen molar-refractivity contribution in [3.05, 3.63) is 59.2 Å². The van der Waals surface area contributed by atoms with Crippen molar-refractivity contribution in [3.8, 4) is 5.75 Å². The zero-order valence-corrected chi connectivity index (χ0v) is 17.9. The number of anilines is 1. The molecule has 10 heteroatoms. The topological polar surface area (TPSA) is 75.7 Å². The number of nitrogens with zero attached hydrogens (tertiary/aromatic N) is 1. The highest BCUT2D eigenvalue weighted by atomic mass is 32.2. The molecule has 1 amide bonds. The largest absolute Gasteiger partial charge is 0.497 e. The minimum absolute atomic E-state index is 0.221. The van der Waals surface area contributed by atoms with E-state index in [0.29, 0.717) is 16.5 Å². The number of methoxy groups -OCH3 is 1. The number of carbonyl (C=O) groups is 1. The van der Waals surface area contributed by atoms with Crippen LogP contribution in [0.2, 0.25) is 0 Å². The molecule has 0 saturated carbocycles. The van der Waals surface area contributed by atoms with Crippen LogP contribution in [0.25, 0.3) is 0 Å². The molecule has 1 aliphatic carbocycles. The maximum atomic E-state index is 13.0. The standard InChI is InChI=1S/C21H23F3N2O4S/c1-30-17-9-10-18-14(11-17)5-3-8-19(18)25-20(27)13-26(31(2,28)29)16-7-4-6-15(12-16)21(22,23)24/h4,6-7,9-12,19H,3,5,8,13H2,1-2H3,(H,25,27). The lowest BCUT2D eigenvalue weighted by Crippen LogP contribution is -2.42. The first-order chi connectivity index (χ1) is 14.5. The Bertz CT molecular complexity index is 1070. The van der Waals surface area contributed by atoms with Gasteiger partial charge >= 0.3 is 6.18 Å². The third-order valence-electron chi connectivity index (χ3n) is 5.15. The van der Waals surface area contributed by atoms with E-state index in [2.05, 4.69) is 5.32 Å². The third kappa shape index (κ3) is 5.49. The van der Waals surface area contributed by atoms with Gasteiger partial charge in [-0.1, -0.05) is 12.1 Å². The minimum atomic E-state index is -4.63. The normalized spacial score (nSPS) is 16.4. The van der Waals surface area contributed by atoms with Gasteiger partial charge in [0.25, 0.3) is 0 Å². The second-order valence-electron chi connectivity index (χ2n) is 7.39. The maximum absolute atomic E-state index is 13.0. The summed E-state index contributed by atoms with van der Waals surface area (Å²) >= 11 is 0. The Morgan fingerprint density at radius 2 is 1.97 bits per heavy atom. The predicted molar refractivity (Wildman–Crippen MR) is 110 cm³/mol. The van der Waals surface area contributed by atoms with Crippen LogP contribution in [0.5, 0.6) is 5.75 Å². The zero-order chi connectivity index (χ0) is 22.8. The van der Waals surface area contributed by atoms with Crippen molar-refractivity contribution in [2.75, 3.05) is 24.2 Å². The number of fused-ring (bicyclic) bond motifs is 1. The van der Waals surface area contributed by atoms with Crippen LogP contribution < -0.4 is 14.4 Å². The van der Waals surface area contributed by atoms with Gasteiger partial charge in [-0.05, 0) is 60.7 Å². The average Bonchev–Trinajstić information content (AvgIpc) is 2.70. The van der Waals surface area contributed by atoms with E-state index in [1.54, 1.807) is 13.2 Å². The molecule has 168 valence electrons. The summed E-state index contributed by atoms with van der Waals surface area (Å²) in [5.74, 6) is 0.107. The molecule has 0 spiro atoms. The lowest BCUT2D eigenvalue weighted by Gasteiger charge is -2.28. The first-order valence-electron chi connectivity index (χ1n) is 9.60. The van der Waals surface area contributed by atoms with Crippen LogP contribution >= 0.6 is 0 Å². The second-order valence-corrected chi connectivity index (χ2v) is 9.30. The van der Waals surface area contributed by atoms with E-state index in [9.17, 15) is 26.4 Å². The van der Waals surface area contributed by atoms with Crippen molar-refractivity contribution in [1.29, 1.82) is 0 Å². The number of nitrogens with one attached hydrogen (secondary N) is 1. The van der Waals surface area contributed by atoms with Crippen LogP contribution in [-0.2, 0) is 27.4 Å². The molecule has 2 aromatic carbocycles. The monoisotopic (exact) mass is 456 g/mol. The molecule has 1 atom stereocenters. The minimum Gasteiger partial charge on any atom is -0.497 e. The smallest absolute Gasteiger partial charge is 0.416 e. The molecule has 3 rings (SSSR count). The third-order valence-corrected chi connectivity index (χ3v) is 6.29. The fourth-order valence-electron chi connectivity index (χ4n) is 3.68. The molecule has 0 fully saturated rings. The number of benzene rings is 2. The Labute approximate surface area is 179 Å². The van der Waals surface area contributed by atoms with E-state index in [-0.39, 0.29) is 11.7 Å². The Morgan fingerprint density at radius 1 is 1.23 bits per heavy atom. The number of hydrogen-bond donors (Lipinski definition) is 1. The molecule has 0 heterocycles. The quantitative estimate of drug-likeness (QED) is 0.720. The number of alkyl halides is 3. The fraction of sp³-hybridized carbons (Fsp3) is 0.381. The Kier molecular flexibility index (Phi) is 6.49. The Balaban J connectivity index is 1.81. The molecule has 2 aromatic rings. The Hall–Kier alpha value is -2.75. The molecule has 0 aliphatic heterocycles. The van der Waals surface area contributed by atoms with Gasteiger partial charge in [0.2, 0.25) is 15.9 Å². The van der Waals surface area contributed by atoms with Gasteiger partial charge in [0.15, 0.2) is 0 Å². The van der Waals surface area contributed by atoms with Crippen LogP contribution in [-0.4, -0.2) is 34.2 Å². The van der Waals surface area contributed by atoms with Crippen LogP contribution in [0, 0.1) is 0 Å². The van der Waals surface area contributed by atoms with Gasteiger partial charge in [0.05, 0.1) is 30.7 Å². The summed E-state index contributed by atoms with van der Waals surface area (Å²) in [6.07, 6.45) is -1.45. The number of aryl methyl sites for hydroxylation is 1. The van der Waals surface area contributed by atoms with E-state index in [1.807, 2.05) is 12.1 Å². The average molecular weight is 456 g/mol. The van der Waals surface area contributed by atoms with Crippen LogP contribution in [0.3, 0.4) is 0 Å². The van der Waals surface area contributed by atoms with Crippen molar-refractivity contribution in [1.82, 2.24) is 5.32 Å². The summed E-state index contributed by atoms with van der Waals surface area (Å²) in [5, 5.41) is 2.82. The predicted octanol–water partition coefficient (Wildman–Crippen LogP) is 3.67.